The molecule has 4 atom stereocenters. The Hall–Kier alpha value is -4.07. The number of H-pyrrole nitrogens is 1. The molecule has 44 heavy (non-hydrogen) atoms. The predicted octanol–water partition coefficient (Wildman–Crippen LogP) is 1.41. The molecule has 3 amide bonds. The van der Waals surface area contributed by atoms with Crippen LogP contribution in [0.15, 0.2) is 54.7 Å². The van der Waals surface area contributed by atoms with Gasteiger partial charge in [-0.05, 0) is 80.0 Å². The van der Waals surface area contributed by atoms with Gasteiger partial charge in [-0.25, -0.2) is 4.79 Å². The number of nitrogens with two attached hydrogens (primary N) is 2. The molecule has 4 unspecified atom stereocenters. The van der Waals surface area contributed by atoms with Crippen LogP contribution in [0.25, 0.3) is 10.9 Å². The Morgan fingerprint density at radius 2 is 1.52 bits per heavy atom. The number of carboxylic acid groups (broad SMARTS) is 1. The van der Waals surface area contributed by atoms with Crippen molar-refractivity contribution in [3.8, 4) is 5.75 Å². The maximum Gasteiger partial charge on any atom is 0.326 e. The predicted molar refractivity (Wildman–Crippen MR) is 171 cm³/mol. The Bertz CT molecular complexity index is 1400. The molecule has 0 aliphatic rings. The number of carboxylic acids is 1. The highest BCUT2D eigenvalue weighted by Crippen LogP contribution is 2.20. The van der Waals surface area contributed by atoms with Gasteiger partial charge in [-0.3, -0.25) is 14.4 Å². The number of aromatic hydroxyl groups is 1. The first-order valence-electron chi connectivity index (χ1n) is 14.5. The van der Waals surface area contributed by atoms with Crippen LogP contribution in [-0.4, -0.2) is 81.6 Å². The molecular weight excluding hydrogens is 584 g/mol. The van der Waals surface area contributed by atoms with Crippen LogP contribution < -0.4 is 27.4 Å². The summed E-state index contributed by atoms with van der Waals surface area (Å²) in [5, 5.41) is 28.2. The molecule has 0 radical (unpaired) electrons. The summed E-state index contributed by atoms with van der Waals surface area (Å²) in [7, 11) is 0. The molecule has 0 aliphatic heterocycles. The minimum atomic E-state index is -1.18. The van der Waals surface area contributed by atoms with E-state index in [4.69, 9.17) is 11.5 Å². The number of rotatable bonds is 18. The summed E-state index contributed by atoms with van der Waals surface area (Å²) in [5.41, 5.74) is 14.0. The summed E-state index contributed by atoms with van der Waals surface area (Å²) >= 11 is 1.49. The Labute approximate surface area is 260 Å². The number of phenolic OH excluding ortho intramolecular Hbond substituents is 1. The van der Waals surface area contributed by atoms with Crippen LogP contribution in [0.2, 0.25) is 0 Å². The van der Waals surface area contributed by atoms with Crippen LogP contribution in [-0.2, 0) is 32.0 Å². The Balaban J connectivity index is 1.79. The molecule has 12 nitrogen and oxygen atoms in total. The molecular formula is C31H42N6O6S. The van der Waals surface area contributed by atoms with E-state index < -0.39 is 47.9 Å². The van der Waals surface area contributed by atoms with Gasteiger partial charge in [-0.1, -0.05) is 30.3 Å². The van der Waals surface area contributed by atoms with E-state index in [1.807, 2.05) is 30.5 Å². The SMILES string of the molecule is CSCCC(NC(=O)C(N)Cc1ccc(O)cc1)C(=O)NC(Cc1c[nH]c2ccccc12)C(=O)NC(CCCCN)C(=O)O. The van der Waals surface area contributed by atoms with Gasteiger partial charge >= 0.3 is 5.97 Å². The van der Waals surface area contributed by atoms with Crippen LogP contribution in [0, 0.1) is 0 Å². The third-order valence-electron chi connectivity index (χ3n) is 7.27. The van der Waals surface area contributed by atoms with Crippen molar-refractivity contribution < 1.29 is 29.4 Å². The lowest BCUT2D eigenvalue weighted by Crippen LogP contribution is -2.57. The van der Waals surface area contributed by atoms with Crippen molar-refractivity contribution in [1.29, 1.82) is 0 Å². The van der Waals surface area contributed by atoms with Crippen molar-refractivity contribution in [3.05, 3.63) is 65.9 Å². The van der Waals surface area contributed by atoms with Gasteiger partial charge in [0.15, 0.2) is 0 Å². The number of unbranched alkanes of at least 4 members (excludes halogenated alkanes) is 1. The number of carbonyl (C=O) groups is 4. The smallest absolute Gasteiger partial charge is 0.326 e. The van der Waals surface area contributed by atoms with Crippen LogP contribution in [0.4, 0.5) is 0 Å². The molecule has 3 rings (SSSR count). The average Bonchev–Trinajstić information content (AvgIpc) is 3.41. The molecule has 3 aromatic rings. The lowest BCUT2D eigenvalue weighted by atomic mass is 10.0. The minimum absolute atomic E-state index is 0.0836. The van der Waals surface area contributed by atoms with Gasteiger partial charge in [0.2, 0.25) is 17.7 Å². The number of carbonyl (C=O) groups excluding carboxylic acids is 3. The van der Waals surface area contributed by atoms with Gasteiger partial charge in [0.05, 0.1) is 6.04 Å². The molecule has 10 N–H and O–H groups in total. The summed E-state index contributed by atoms with van der Waals surface area (Å²) in [6.45, 7) is 0.404. The molecule has 0 spiro atoms. The number of para-hydroxylation sites is 1. The normalized spacial score (nSPS) is 13.9. The van der Waals surface area contributed by atoms with Crippen molar-refractivity contribution in [2.24, 2.45) is 11.5 Å². The number of phenols is 1. The molecule has 0 aliphatic carbocycles. The molecule has 1 heterocycles. The lowest BCUT2D eigenvalue weighted by Gasteiger charge is -2.25. The number of nitrogens with one attached hydrogen (secondary N) is 4. The van der Waals surface area contributed by atoms with Crippen molar-refractivity contribution in [2.75, 3.05) is 18.6 Å². The highest BCUT2D eigenvalue weighted by Gasteiger charge is 2.31. The number of thioether (sulfide) groups is 1. The zero-order valence-corrected chi connectivity index (χ0v) is 25.6. The minimum Gasteiger partial charge on any atom is -0.508 e. The van der Waals surface area contributed by atoms with Gasteiger partial charge < -0.3 is 42.6 Å². The number of amides is 3. The standard InChI is InChI=1S/C31H42N6O6S/c1-44-15-13-25(35-28(39)23(33)16-19-9-11-21(38)12-10-19)29(40)37-27(17-20-18-34-24-7-3-2-6-22(20)24)30(41)36-26(31(42)43)8-4-5-14-32/h2-3,6-7,9-12,18,23,25-27,34,38H,4-5,8,13-17,32-33H2,1H3,(H,35,39)(H,36,41)(H,37,40)(H,42,43). The second-order valence-electron chi connectivity index (χ2n) is 10.6. The van der Waals surface area contributed by atoms with E-state index in [2.05, 4.69) is 20.9 Å². The van der Waals surface area contributed by atoms with Gasteiger partial charge in [-0.15, -0.1) is 0 Å². The Morgan fingerprint density at radius 3 is 2.20 bits per heavy atom. The van der Waals surface area contributed by atoms with Gasteiger partial charge in [0, 0.05) is 23.5 Å². The first-order valence-corrected chi connectivity index (χ1v) is 15.9. The molecule has 0 fully saturated rings. The second kappa shape index (κ2) is 17.3. The maximum atomic E-state index is 13.6. The second-order valence-corrected chi connectivity index (χ2v) is 11.6. The van der Waals surface area contributed by atoms with Crippen LogP contribution in [0.3, 0.4) is 0 Å². The molecule has 0 bridgehead atoms. The fraction of sp³-hybridized carbons (Fsp3) is 0.419. The van der Waals surface area contributed by atoms with Crippen LogP contribution >= 0.6 is 11.8 Å². The van der Waals surface area contributed by atoms with Gasteiger partial charge in [-0.2, -0.15) is 11.8 Å². The number of aliphatic carboxylic acids is 1. The Kier molecular flexibility index (Phi) is 13.5. The van der Waals surface area contributed by atoms with E-state index in [9.17, 15) is 29.4 Å². The van der Waals surface area contributed by atoms with E-state index in [-0.39, 0.29) is 31.4 Å². The molecule has 13 heteroatoms. The van der Waals surface area contributed by atoms with Gasteiger partial charge in [0.25, 0.3) is 0 Å². The first-order chi connectivity index (χ1) is 21.1. The summed E-state index contributed by atoms with van der Waals surface area (Å²) in [4.78, 5) is 55.2. The van der Waals surface area contributed by atoms with E-state index in [1.165, 1.54) is 23.9 Å². The van der Waals surface area contributed by atoms with E-state index in [1.54, 1.807) is 18.3 Å². The van der Waals surface area contributed by atoms with Crippen molar-refractivity contribution in [1.82, 2.24) is 20.9 Å². The number of fused-ring (bicyclic) bond motifs is 1. The number of benzene rings is 2. The lowest BCUT2D eigenvalue weighted by molar-refractivity contribution is -0.142. The van der Waals surface area contributed by atoms with Gasteiger partial charge in [0.1, 0.15) is 23.9 Å². The number of hydrogen-bond donors (Lipinski definition) is 8. The highest BCUT2D eigenvalue weighted by atomic mass is 32.2. The van der Waals surface area contributed by atoms with E-state index in [0.717, 1.165) is 22.0 Å². The van der Waals surface area contributed by atoms with Crippen molar-refractivity contribution in [2.45, 2.75) is 62.7 Å². The molecule has 0 saturated carbocycles. The topological polar surface area (TPSA) is 213 Å². The molecule has 238 valence electrons. The summed E-state index contributed by atoms with van der Waals surface area (Å²) in [5.74, 6) is -2.31. The quantitative estimate of drug-likeness (QED) is 0.0957. The zero-order valence-electron chi connectivity index (χ0n) is 24.8. The highest BCUT2D eigenvalue weighted by molar-refractivity contribution is 7.98. The number of aromatic amines is 1. The molecule has 0 saturated heterocycles. The zero-order chi connectivity index (χ0) is 32.1. The fourth-order valence-electron chi connectivity index (χ4n) is 4.79. The monoisotopic (exact) mass is 626 g/mol. The third kappa shape index (κ3) is 10.3. The molecule has 1 aromatic heterocycles. The molecule has 2 aromatic carbocycles. The average molecular weight is 627 g/mol. The fourth-order valence-corrected chi connectivity index (χ4v) is 5.26. The van der Waals surface area contributed by atoms with Crippen LogP contribution in [0.5, 0.6) is 5.75 Å². The maximum absolute atomic E-state index is 13.6. The van der Waals surface area contributed by atoms with Crippen LogP contribution in [0.1, 0.15) is 36.8 Å². The third-order valence-corrected chi connectivity index (χ3v) is 7.91. The first kappa shape index (κ1) is 34.4. The summed E-state index contributed by atoms with van der Waals surface area (Å²) in [6, 6.07) is 9.61. The summed E-state index contributed by atoms with van der Waals surface area (Å²) in [6.07, 6.45) is 5.50. The van der Waals surface area contributed by atoms with E-state index >= 15 is 0 Å². The van der Waals surface area contributed by atoms with Crippen molar-refractivity contribution >= 4 is 46.4 Å². The largest absolute Gasteiger partial charge is 0.508 e. The number of aromatic nitrogens is 1. The van der Waals surface area contributed by atoms with Crippen molar-refractivity contribution in [3.63, 3.8) is 0 Å². The van der Waals surface area contributed by atoms with E-state index in [0.29, 0.717) is 25.1 Å². The Morgan fingerprint density at radius 1 is 0.864 bits per heavy atom. The summed E-state index contributed by atoms with van der Waals surface area (Å²) < 4.78 is 0. The number of hydrogen-bond acceptors (Lipinski definition) is 8.